The largest absolute Gasteiger partial charge is 0.573 e. The predicted molar refractivity (Wildman–Crippen MR) is 69.0 cm³/mol. The lowest BCUT2D eigenvalue weighted by atomic mass is 10.2. The number of ether oxygens (including phenoxy) is 1. The maximum Gasteiger partial charge on any atom is 0.573 e. The van der Waals surface area contributed by atoms with Crippen molar-refractivity contribution in [2.75, 3.05) is 0 Å². The molecular formula is C9HBrCl3F3N2O. The van der Waals surface area contributed by atoms with Gasteiger partial charge in [0.2, 0.25) is 5.28 Å². The number of fused-ring (bicyclic) bond motifs is 1. The highest BCUT2D eigenvalue weighted by Crippen LogP contribution is 2.41. The highest BCUT2D eigenvalue weighted by molar-refractivity contribution is 9.10. The van der Waals surface area contributed by atoms with Gasteiger partial charge < -0.3 is 4.74 Å². The Kier molecular flexibility index (Phi) is 4.02. The lowest BCUT2D eigenvalue weighted by molar-refractivity contribution is -0.274. The van der Waals surface area contributed by atoms with Crippen LogP contribution in [0.3, 0.4) is 0 Å². The van der Waals surface area contributed by atoms with Crippen LogP contribution >= 0.6 is 50.7 Å². The van der Waals surface area contributed by atoms with E-state index in [1.54, 1.807) is 0 Å². The van der Waals surface area contributed by atoms with Gasteiger partial charge in [-0.25, -0.2) is 9.97 Å². The molecule has 1 heterocycles. The standard InChI is InChI=1S/C9HBrCl3F3N2O/c10-4-3(19-9(14,15)16)1-2-6(5(4)11)17-8(13)18-7(2)12/h1H. The molecule has 1 aromatic carbocycles. The van der Waals surface area contributed by atoms with Gasteiger partial charge >= 0.3 is 6.36 Å². The summed E-state index contributed by atoms with van der Waals surface area (Å²) in [5.74, 6) is -0.544. The van der Waals surface area contributed by atoms with Crippen molar-refractivity contribution in [2.45, 2.75) is 6.36 Å². The highest BCUT2D eigenvalue weighted by Gasteiger charge is 2.33. The number of hydrogen-bond donors (Lipinski definition) is 0. The van der Waals surface area contributed by atoms with E-state index in [1.807, 2.05) is 0 Å². The summed E-state index contributed by atoms with van der Waals surface area (Å²) < 4.78 is 40.5. The Labute approximate surface area is 127 Å². The molecule has 0 unspecified atom stereocenters. The van der Waals surface area contributed by atoms with Crippen molar-refractivity contribution in [3.63, 3.8) is 0 Å². The lowest BCUT2D eigenvalue weighted by Crippen LogP contribution is -2.17. The summed E-state index contributed by atoms with van der Waals surface area (Å²) in [6.07, 6.45) is -4.86. The monoisotopic (exact) mass is 394 g/mol. The predicted octanol–water partition coefficient (Wildman–Crippen LogP) is 5.25. The first-order valence-corrected chi connectivity index (χ1v) is 6.38. The van der Waals surface area contributed by atoms with Crippen molar-refractivity contribution in [3.8, 4) is 5.75 Å². The van der Waals surface area contributed by atoms with E-state index in [0.29, 0.717) is 0 Å². The fraction of sp³-hybridized carbons (Fsp3) is 0.111. The van der Waals surface area contributed by atoms with Gasteiger partial charge in [0.15, 0.2) is 0 Å². The number of halogens is 7. The zero-order valence-electron chi connectivity index (χ0n) is 8.53. The van der Waals surface area contributed by atoms with Gasteiger partial charge in [0, 0.05) is 5.39 Å². The van der Waals surface area contributed by atoms with Crippen LogP contribution in [0.1, 0.15) is 0 Å². The summed E-state index contributed by atoms with van der Waals surface area (Å²) >= 11 is 20.2. The van der Waals surface area contributed by atoms with Gasteiger partial charge in [-0.15, -0.1) is 13.2 Å². The molecule has 0 atom stereocenters. The molecule has 0 bridgehead atoms. The minimum absolute atomic E-state index is 0.0958. The SMILES string of the molecule is FC(F)(F)Oc1cc2c(Cl)nc(Cl)nc2c(Cl)c1Br. The molecule has 0 fully saturated rings. The molecule has 0 radical (unpaired) electrons. The summed E-state index contributed by atoms with van der Waals surface area (Å²) in [5, 5.41) is -0.311. The molecule has 10 heteroatoms. The topological polar surface area (TPSA) is 35.0 Å². The third-order valence-electron chi connectivity index (χ3n) is 1.99. The lowest BCUT2D eigenvalue weighted by Gasteiger charge is -2.13. The van der Waals surface area contributed by atoms with Crippen LogP contribution in [-0.4, -0.2) is 16.3 Å². The maximum absolute atomic E-state index is 12.2. The Morgan fingerprint density at radius 3 is 2.37 bits per heavy atom. The van der Waals surface area contributed by atoms with Gasteiger partial charge in [-0.3, -0.25) is 0 Å². The van der Waals surface area contributed by atoms with Crippen LogP contribution in [0.15, 0.2) is 10.5 Å². The van der Waals surface area contributed by atoms with Gasteiger partial charge in [-0.1, -0.05) is 23.2 Å². The van der Waals surface area contributed by atoms with Gasteiger partial charge in [-0.05, 0) is 33.6 Å². The van der Waals surface area contributed by atoms with E-state index < -0.39 is 12.1 Å². The van der Waals surface area contributed by atoms with Crippen molar-refractivity contribution in [2.24, 2.45) is 0 Å². The molecule has 0 aliphatic carbocycles. The Balaban J connectivity index is 2.73. The first kappa shape index (κ1) is 14.9. The fourth-order valence-corrected chi connectivity index (χ4v) is 2.37. The maximum atomic E-state index is 12.2. The van der Waals surface area contributed by atoms with Crippen LogP contribution in [0, 0.1) is 0 Å². The normalized spacial score (nSPS) is 11.9. The van der Waals surface area contributed by atoms with Crippen molar-refractivity contribution in [1.29, 1.82) is 0 Å². The Morgan fingerprint density at radius 2 is 1.79 bits per heavy atom. The van der Waals surface area contributed by atoms with E-state index in [-0.39, 0.29) is 30.8 Å². The molecule has 0 amide bonds. The summed E-state index contributed by atoms with van der Waals surface area (Å²) in [5.41, 5.74) is 0.119. The molecular weight excluding hydrogens is 395 g/mol. The number of alkyl halides is 3. The van der Waals surface area contributed by atoms with Crippen LogP contribution in [0.25, 0.3) is 10.9 Å². The van der Waals surface area contributed by atoms with Gasteiger partial charge in [0.25, 0.3) is 0 Å². The third-order valence-corrected chi connectivity index (χ3v) is 3.83. The van der Waals surface area contributed by atoms with E-state index in [1.165, 1.54) is 0 Å². The Bertz CT molecular complexity index is 665. The smallest absolute Gasteiger partial charge is 0.405 e. The van der Waals surface area contributed by atoms with Crippen LogP contribution in [0.2, 0.25) is 15.5 Å². The second kappa shape index (κ2) is 5.12. The first-order valence-electron chi connectivity index (χ1n) is 4.45. The van der Waals surface area contributed by atoms with Crippen molar-refractivity contribution in [1.82, 2.24) is 9.97 Å². The molecule has 2 aromatic rings. The minimum Gasteiger partial charge on any atom is -0.405 e. The quantitative estimate of drug-likeness (QED) is 0.488. The number of aromatic nitrogens is 2. The van der Waals surface area contributed by atoms with E-state index in [4.69, 9.17) is 34.8 Å². The van der Waals surface area contributed by atoms with Crippen molar-refractivity contribution in [3.05, 3.63) is 26.0 Å². The molecule has 1 aromatic heterocycles. The zero-order chi connectivity index (χ0) is 14.4. The molecule has 0 saturated heterocycles. The van der Waals surface area contributed by atoms with Crippen LogP contribution in [-0.2, 0) is 0 Å². The molecule has 0 spiro atoms. The molecule has 3 nitrogen and oxygen atoms in total. The number of nitrogens with zero attached hydrogens (tertiary/aromatic N) is 2. The minimum atomic E-state index is -4.86. The molecule has 0 aliphatic heterocycles. The summed E-state index contributed by atoms with van der Waals surface area (Å²) in [7, 11) is 0. The Morgan fingerprint density at radius 1 is 1.16 bits per heavy atom. The number of rotatable bonds is 1. The zero-order valence-corrected chi connectivity index (χ0v) is 12.4. The third kappa shape index (κ3) is 3.16. The second-order valence-electron chi connectivity index (χ2n) is 3.23. The number of benzene rings is 1. The molecule has 2 rings (SSSR count). The van der Waals surface area contributed by atoms with Crippen molar-refractivity contribution >= 4 is 61.6 Å². The average molecular weight is 396 g/mol. The second-order valence-corrected chi connectivity index (χ2v) is 5.10. The molecule has 0 aliphatic rings. The molecule has 0 N–H and O–H groups in total. The Hall–Kier alpha value is -0.500. The van der Waals surface area contributed by atoms with Gasteiger partial charge in [0.05, 0.1) is 15.0 Å². The fourth-order valence-electron chi connectivity index (χ4n) is 1.32. The van der Waals surface area contributed by atoms with E-state index >= 15 is 0 Å². The van der Waals surface area contributed by atoms with Gasteiger partial charge in [-0.2, -0.15) is 0 Å². The molecule has 102 valence electrons. The summed E-state index contributed by atoms with van der Waals surface area (Å²) in [6.45, 7) is 0. The van der Waals surface area contributed by atoms with Crippen molar-refractivity contribution < 1.29 is 17.9 Å². The van der Waals surface area contributed by atoms with Crippen LogP contribution < -0.4 is 4.74 Å². The summed E-state index contributed by atoms with van der Waals surface area (Å²) in [4.78, 5) is 7.42. The molecule has 0 saturated carbocycles. The highest BCUT2D eigenvalue weighted by atomic mass is 79.9. The van der Waals surface area contributed by atoms with Crippen LogP contribution in [0.5, 0.6) is 5.75 Å². The first-order chi connectivity index (χ1) is 8.69. The van der Waals surface area contributed by atoms with Crippen LogP contribution in [0.4, 0.5) is 13.2 Å². The molecule has 19 heavy (non-hydrogen) atoms. The van der Waals surface area contributed by atoms with Gasteiger partial charge in [0.1, 0.15) is 10.9 Å². The van der Waals surface area contributed by atoms with E-state index in [0.717, 1.165) is 6.07 Å². The van der Waals surface area contributed by atoms with E-state index in [9.17, 15) is 13.2 Å². The average Bonchev–Trinajstić information content (AvgIpc) is 2.25. The van der Waals surface area contributed by atoms with E-state index in [2.05, 4.69) is 30.6 Å². The number of hydrogen-bond acceptors (Lipinski definition) is 3. The summed E-state index contributed by atoms with van der Waals surface area (Å²) in [6, 6.07) is 1.03.